The van der Waals surface area contributed by atoms with Gasteiger partial charge in [0.25, 0.3) is 0 Å². The number of rotatable bonds is 5. The van der Waals surface area contributed by atoms with E-state index in [1.54, 1.807) is 12.1 Å². The van der Waals surface area contributed by atoms with Crippen LogP contribution in [0.1, 0.15) is 32.8 Å². The molecule has 0 aliphatic carbocycles. The highest BCUT2D eigenvalue weighted by Crippen LogP contribution is 2.11. The van der Waals surface area contributed by atoms with Crippen molar-refractivity contribution in [3.05, 3.63) is 29.8 Å². The minimum absolute atomic E-state index is 0.0245. The third-order valence-electron chi connectivity index (χ3n) is 2.44. The SMILES string of the molecule is CC(C)CC(C)OC(=O)Cc1cccc(N)c1. The van der Waals surface area contributed by atoms with Crippen LogP contribution in [-0.2, 0) is 16.0 Å². The van der Waals surface area contributed by atoms with Crippen molar-refractivity contribution < 1.29 is 9.53 Å². The lowest BCUT2D eigenvalue weighted by Gasteiger charge is -2.15. The lowest BCUT2D eigenvalue weighted by molar-refractivity contribution is -0.148. The summed E-state index contributed by atoms with van der Waals surface area (Å²) in [6.07, 6.45) is 1.15. The van der Waals surface area contributed by atoms with Gasteiger partial charge < -0.3 is 10.5 Å². The average Bonchev–Trinajstić information content (AvgIpc) is 2.14. The van der Waals surface area contributed by atoms with Crippen LogP contribution < -0.4 is 5.73 Å². The molecule has 0 aliphatic rings. The molecule has 0 saturated heterocycles. The predicted octanol–water partition coefficient (Wildman–Crippen LogP) is 2.79. The van der Waals surface area contributed by atoms with E-state index in [2.05, 4.69) is 13.8 Å². The van der Waals surface area contributed by atoms with Gasteiger partial charge >= 0.3 is 5.97 Å². The van der Waals surface area contributed by atoms with E-state index in [1.807, 2.05) is 19.1 Å². The van der Waals surface area contributed by atoms with Crippen molar-refractivity contribution in [1.82, 2.24) is 0 Å². The van der Waals surface area contributed by atoms with Gasteiger partial charge in [0.05, 0.1) is 12.5 Å². The summed E-state index contributed by atoms with van der Waals surface area (Å²) >= 11 is 0. The number of hydrogen-bond donors (Lipinski definition) is 1. The highest BCUT2D eigenvalue weighted by molar-refractivity contribution is 5.73. The number of ether oxygens (including phenoxy) is 1. The Morgan fingerprint density at radius 2 is 2.06 bits per heavy atom. The maximum Gasteiger partial charge on any atom is 0.310 e. The molecule has 0 amide bonds. The van der Waals surface area contributed by atoms with Crippen molar-refractivity contribution in [2.24, 2.45) is 5.92 Å². The number of carbonyl (C=O) groups is 1. The fourth-order valence-corrected chi connectivity index (χ4v) is 1.85. The Labute approximate surface area is 103 Å². The molecule has 3 nitrogen and oxygen atoms in total. The molecular weight excluding hydrogens is 214 g/mol. The van der Waals surface area contributed by atoms with Gasteiger partial charge in [-0.3, -0.25) is 4.79 Å². The molecule has 1 aromatic carbocycles. The van der Waals surface area contributed by atoms with E-state index >= 15 is 0 Å². The Kier molecular flexibility index (Phi) is 5.01. The quantitative estimate of drug-likeness (QED) is 0.630. The number of anilines is 1. The maximum atomic E-state index is 11.7. The molecule has 3 heteroatoms. The van der Waals surface area contributed by atoms with E-state index in [1.165, 1.54) is 0 Å². The zero-order valence-electron chi connectivity index (χ0n) is 10.8. The van der Waals surface area contributed by atoms with Crippen molar-refractivity contribution in [2.75, 3.05) is 5.73 Å². The van der Waals surface area contributed by atoms with Crippen molar-refractivity contribution in [3.8, 4) is 0 Å². The summed E-state index contributed by atoms with van der Waals surface area (Å²) < 4.78 is 5.33. The third-order valence-corrected chi connectivity index (χ3v) is 2.44. The normalized spacial score (nSPS) is 12.5. The summed E-state index contributed by atoms with van der Waals surface area (Å²) in [5.41, 5.74) is 7.22. The highest BCUT2D eigenvalue weighted by atomic mass is 16.5. The van der Waals surface area contributed by atoms with Crippen LogP contribution in [0.25, 0.3) is 0 Å². The molecule has 17 heavy (non-hydrogen) atoms. The minimum atomic E-state index is -0.191. The zero-order valence-corrected chi connectivity index (χ0v) is 10.8. The summed E-state index contributed by atoms with van der Waals surface area (Å²) in [5.74, 6) is 0.342. The number of benzene rings is 1. The lowest BCUT2D eigenvalue weighted by Crippen LogP contribution is -2.18. The zero-order chi connectivity index (χ0) is 12.8. The molecule has 0 fully saturated rings. The lowest BCUT2D eigenvalue weighted by atomic mass is 10.1. The second-order valence-corrected chi connectivity index (χ2v) is 4.85. The first kappa shape index (κ1) is 13.6. The predicted molar refractivity (Wildman–Crippen MR) is 69.6 cm³/mol. The van der Waals surface area contributed by atoms with E-state index in [0.29, 0.717) is 11.6 Å². The summed E-state index contributed by atoms with van der Waals surface area (Å²) in [6, 6.07) is 7.32. The van der Waals surface area contributed by atoms with E-state index in [0.717, 1.165) is 12.0 Å². The van der Waals surface area contributed by atoms with Gasteiger partial charge in [0.1, 0.15) is 0 Å². The molecule has 0 aromatic heterocycles. The summed E-state index contributed by atoms with van der Waals surface area (Å²) in [5, 5.41) is 0. The molecule has 0 bridgehead atoms. The van der Waals surface area contributed by atoms with Gasteiger partial charge in [-0.05, 0) is 37.0 Å². The Morgan fingerprint density at radius 1 is 1.35 bits per heavy atom. The van der Waals surface area contributed by atoms with Crippen LogP contribution in [-0.4, -0.2) is 12.1 Å². The van der Waals surface area contributed by atoms with Crippen molar-refractivity contribution in [3.63, 3.8) is 0 Å². The van der Waals surface area contributed by atoms with Gasteiger partial charge in [-0.15, -0.1) is 0 Å². The minimum Gasteiger partial charge on any atom is -0.462 e. The van der Waals surface area contributed by atoms with Gasteiger partial charge in [-0.1, -0.05) is 26.0 Å². The molecule has 0 heterocycles. The standard InChI is InChI=1S/C14H21NO2/c1-10(2)7-11(3)17-14(16)9-12-5-4-6-13(15)8-12/h4-6,8,10-11H,7,9,15H2,1-3H3. The summed E-state index contributed by atoms with van der Waals surface area (Å²) in [4.78, 5) is 11.7. The Morgan fingerprint density at radius 3 is 2.65 bits per heavy atom. The fraction of sp³-hybridized carbons (Fsp3) is 0.500. The average molecular weight is 235 g/mol. The van der Waals surface area contributed by atoms with Crippen LogP contribution in [0.2, 0.25) is 0 Å². The molecule has 0 radical (unpaired) electrons. The van der Waals surface area contributed by atoms with Crippen LogP contribution in [0.15, 0.2) is 24.3 Å². The molecule has 94 valence electrons. The van der Waals surface area contributed by atoms with Crippen molar-refractivity contribution >= 4 is 11.7 Å². The molecule has 1 unspecified atom stereocenters. The number of nitrogens with two attached hydrogens (primary N) is 1. The molecule has 0 spiro atoms. The first-order valence-corrected chi connectivity index (χ1v) is 6.01. The number of esters is 1. The third kappa shape index (κ3) is 5.38. The molecule has 1 atom stereocenters. The van der Waals surface area contributed by atoms with Crippen molar-refractivity contribution in [2.45, 2.75) is 39.7 Å². The topological polar surface area (TPSA) is 52.3 Å². The molecule has 1 rings (SSSR count). The Hall–Kier alpha value is -1.51. The first-order valence-electron chi connectivity index (χ1n) is 6.01. The van der Waals surface area contributed by atoms with Crippen LogP contribution in [0.4, 0.5) is 5.69 Å². The second kappa shape index (κ2) is 6.28. The van der Waals surface area contributed by atoms with Gasteiger partial charge in [0, 0.05) is 5.69 Å². The molecule has 0 aliphatic heterocycles. The number of carbonyl (C=O) groups excluding carboxylic acids is 1. The maximum absolute atomic E-state index is 11.7. The summed E-state index contributed by atoms with van der Waals surface area (Å²) in [6.45, 7) is 6.15. The van der Waals surface area contributed by atoms with Gasteiger partial charge in [0.15, 0.2) is 0 Å². The highest BCUT2D eigenvalue weighted by Gasteiger charge is 2.11. The number of hydrogen-bond acceptors (Lipinski definition) is 3. The molecular formula is C14H21NO2. The van der Waals surface area contributed by atoms with Gasteiger partial charge in [0.2, 0.25) is 0 Å². The molecule has 0 saturated carbocycles. The van der Waals surface area contributed by atoms with Crippen LogP contribution in [0, 0.1) is 5.92 Å². The smallest absolute Gasteiger partial charge is 0.310 e. The van der Waals surface area contributed by atoms with E-state index in [-0.39, 0.29) is 18.5 Å². The monoisotopic (exact) mass is 235 g/mol. The van der Waals surface area contributed by atoms with Crippen LogP contribution in [0.5, 0.6) is 0 Å². The van der Waals surface area contributed by atoms with E-state index in [4.69, 9.17) is 10.5 Å². The Balaban J connectivity index is 2.44. The van der Waals surface area contributed by atoms with E-state index < -0.39 is 0 Å². The molecule has 2 N–H and O–H groups in total. The second-order valence-electron chi connectivity index (χ2n) is 4.85. The van der Waals surface area contributed by atoms with E-state index in [9.17, 15) is 4.79 Å². The van der Waals surface area contributed by atoms with Crippen molar-refractivity contribution in [1.29, 1.82) is 0 Å². The largest absolute Gasteiger partial charge is 0.462 e. The fourth-order valence-electron chi connectivity index (χ4n) is 1.85. The first-order chi connectivity index (χ1) is 7.97. The molecule has 1 aromatic rings. The Bertz CT molecular complexity index is 374. The summed E-state index contributed by atoms with van der Waals surface area (Å²) in [7, 11) is 0. The van der Waals surface area contributed by atoms with Gasteiger partial charge in [-0.2, -0.15) is 0 Å². The van der Waals surface area contributed by atoms with Gasteiger partial charge in [-0.25, -0.2) is 0 Å². The van der Waals surface area contributed by atoms with Crippen LogP contribution in [0.3, 0.4) is 0 Å². The number of nitrogen functional groups attached to an aromatic ring is 1. The van der Waals surface area contributed by atoms with Crippen LogP contribution >= 0.6 is 0 Å².